The predicted octanol–water partition coefficient (Wildman–Crippen LogP) is 2.63. The second kappa shape index (κ2) is 7.90. The van der Waals surface area contributed by atoms with E-state index in [-0.39, 0.29) is 11.7 Å². The molecule has 1 aliphatic heterocycles. The second-order valence-corrected chi connectivity index (χ2v) is 5.99. The molecule has 0 saturated carbocycles. The number of hydrogen-bond acceptors (Lipinski definition) is 6. The van der Waals surface area contributed by atoms with E-state index in [0.29, 0.717) is 41.2 Å². The zero-order valence-electron chi connectivity index (χ0n) is 15.0. The van der Waals surface area contributed by atoms with Crippen molar-refractivity contribution >= 4 is 23.3 Å². The molecule has 0 saturated heterocycles. The molecule has 0 bridgehead atoms. The Morgan fingerprint density at radius 2 is 1.85 bits per heavy atom. The summed E-state index contributed by atoms with van der Waals surface area (Å²) in [5.41, 5.74) is 2.20. The molecule has 0 radical (unpaired) electrons. The van der Waals surface area contributed by atoms with Crippen LogP contribution in [0.25, 0.3) is 0 Å². The van der Waals surface area contributed by atoms with Gasteiger partial charge in [-0.2, -0.15) is 0 Å². The van der Waals surface area contributed by atoms with Crippen molar-refractivity contribution < 1.29 is 28.6 Å². The van der Waals surface area contributed by atoms with Gasteiger partial charge in [0.1, 0.15) is 11.5 Å². The molecule has 3 rings (SSSR count). The van der Waals surface area contributed by atoms with Gasteiger partial charge in [0.2, 0.25) is 11.7 Å². The SMILES string of the molecule is COc1ccc(C(=O)COC(=O)c2ccc3c(c2)CCC(=O)N3)c(OC)c1. The molecule has 2 aromatic rings. The minimum atomic E-state index is -0.601. The molecule has 1 heterocycles. The van der Waals surface area contributed by atoms with Crippen LogP contribution in [0, 0.1) is 0 Å². The normalized spacial score (nSPS) is 12.6. The van der Waals surface area contributed by atoms with Crippen LogP contribution in [0.5, 0.6) is 11.5 Å². The van der Waals surface area contributed by atoms with Crippen molar-refractivity contribution in [1.29, 1.82) is 0 Å². The van der Waals surface area contributed by atoms with Gasteiger partial charge in [-0.3, -0.25) is 9.59 Å². The Balaban J connectivity index is 1.67. The van der Waals surface area contributed by atoms with E-state index in [1.165, 1.54) is 14.2 Å². The minimum Gasteiger partial charge on any atom is -0.497 e. The Bertz CT molecular complexity index is 905. The number of methoxy groups -OCH3 is 2. The number of rotatable bonds is 6. The first-order chi connectivity index (χ1) is 13.0. The molecule has 0 spiro atoms. The van der Waals surface area contributed by atoms with Crippen LogP contribution in [-0.2, 0) is 16.0 Å². The molecule has 2 aromatic carbocycles. The van der Waals surface area contributed by atoms with Crippen molar-refractivity contribution in [2.45, 2.75) is 12.8 Å². The number of ether oxygens (including phenoxy) is 3. The summed E-state index contributed by atoms with van der Waals surface area (Å²) in [7, 11) is 2.96. The smallest absolute Gasteiger partial charge is 0.338 e. The van der Waals surface area contributed by atoms with Gasteiger partial charge in [0.25, 0.3) is 0 Å². The van der Waals surface area contributed by atoms with Crippen molar-refractivity contribution in [3.05, 3.63) is 53.1 Å². The fraction of sp³-hybridized carbons (Fsp3) is 0.250. The summed E-state index contributed by atoms with van der Waals surface area (Å²) in [6.07, 6.45) is 0.936. The lowest BCUT2D eigenvalue weighted by Crippen LogP contribution is -2.20. The highest BCUT2D eigenvalue weighted by Crippen LogP contribution is 2.26. The number of esters is 1. The lowest BCUT2D eigenvalue weighted by atomic mass is 10.0. The first kappa shape index (κ1) is 18.4. The molecule has 7 nitrogen and oxygen atoms in total. The van der Waals surface area contributed by atoms with Gasteiger partial charge >= 0.3 is 5.97 Å². The van der Waals surface area contributed by atoms with Crippen LogP contribution in [0.15, 0.2) is 36.4 Å². The molecule has 0 aliphatic carbocycles. The number of benzene rings is 2. The Morgan fingerprint density at radius 3 is 2.59 bits per heavy atom. The van der Waals surface area contributed by atoms with Crippen LogP contribution in [0.3, 0.4) is 0 Å². The molecular weight excluding hydrogens is 350 g/mol. The third kappa shape index (κ3) is 4.08. The number of Topliss-reactive ketones (excluding diaryl/α,β-unsaturated/α-hetero) is 1. The van der Waals surface area contributed by atoms with Gasteiger partial charge in [-0.25, -0.2) is 4.79 Å². The second-order valence-electron chi connectivity index (χ2n) is 5.99. The number of hydrogen-bond donors (Lipinski definition) is 1. The topological polar surface area (TPSA) is 90.9 Å². The van der Waals surface area contributed by atoms with E-state index in [1.807, 2.05) is 0 Å². The molecule has 140 valence electrons. The van der Waals surface area contributed by atoms with Crippen molar-refractivity contribution in [2.75, 3.05) is 26.1 Å². The molecule has 1 aliphatic rings. The molecular formula is C20H19NO6. The highest BCUT2D eigenvalue weighted by Gasteiger charge is 2.19. The molecule has 27 heavy (non-hydrogen) atoms. The summed E-state index contributed by atoms with van der Waals surface area (Å²) in [6.45, 7) is -0.407. The first-order valence-corrected chi connectivity index (χ1v) is 8.37. The van der Waals surface area contributed by atoms with Crippen LogP contribution in [0.4, 0.5) is 5.69 Å². The average Bonchev–Trinajstić information content (AvgIpc) is 2.70. The van der Waals surface area contributed by atoms with Crippen LogP contribution in [0.1, 0.15) is 32.7 Å². The Hall–Kier alpha value is -3.35. The molecule has 0 atom stereocenters. The number of ketones is 1. The monoisotopic (exact) mass is 369 g/mol. The van der Waals surface area contributed by atoms with E-state index in [0.717, 1.165) is 5.56 Å². The van der Waals surface area contributed by atoms with Gasteiger partial charge in [-0.1, -0.05) is 0 Å². The number of carbonyl (C=O) groups is 3. The molecule has 0 aromatic heterocycles. The summed E-state index contributed by atoms with van der Waals surface area (Å²) in [6, 6.07) is 9.69. The minimum absolute atomic E-state index is 0.0446. The Morgan fingerprint density at radius 1 is 1.04 bits per heavy atom. The summed E-state index contributed by atoms with van der Waals surface area (Å²) < 4.78 is 15.4. The third-order valence-electron chi connectivity index (χ3n) is 4.28. The maximum Gasteiger partial charge on any atom is 0.338 e. The van der Waals surface area contributed by atoms with Crippen LogP contribution >= 0.6 is 0 Å². The average molecular weight is 369 g/mol. The van der Waals surface area contributed by atoms with Gasteiger partial charge in [0, 0.05) is 18.2 Å². The van der Waals surface area contributed by atoms with Crippen molar-refractivity contribution in [1.82, 2.24) is 0 Å². The quantitative estimate of drug-likeness (QED) is 0.622. The van der Waals surface area contributed by atoms with Crippen molar-refractivity contribution in [3.8, 4) is 11.5 Å². The third-order valence-corrected chi connectivity index (χ3v) is 4.28. The van der Waals surface area contributed by atoms with Crippen molar-refractivity contribution in [3.63, 3.8) is 0 Å². The predicted molar refractivity (Wildman–Crippen MR) is 97.6 cm³/mol. The summed E-state index contributed by atoms with van der Waals surface area (Å²) in [4.78, 5) is 36.0. The fourth-order valence-electron chi connectivity index (χ4n) is 2.83. The maximum atomic E-state index is 12.4. The summed E-state index contributed by atoms with van der Waals surface area (Å²) >= 11 is 0. The molecule has 1 amide bonds. The van der Waals surface area contributed by atoms with E-state index in [4.69, 9.17) is 14.2 Å². The van der Waals surface area contributed by atoms with Gasteiger partial charge in [-0.05, 0) is 42.3 Å². The van der Waals surface area contributed by atoms with E-state index in [1.54, 1.807) is 36.4 Å². The molecule has 7 heteroatoms. The van der Waals surface area contributed by atoms with Crippen LogP contribution in [0.2, 0.25) is 0 Å². The lowest BCUT2D eigenvalue weighted by Gasteiger charge is -2.17. The van der Waals surface area contributed by atoms with Crippen molar-refractivity contribution in [2.24, 2.45) is 0 Å². The van der Waals surface area contributed by atoms with E-state index < -0.39 is 12.6 Å². The highest BCUT2D eigenvalue weighted by molar-refractivity contribution is 6.02. The van der Waals surface area contributed by atoms with E-state index >= 15 is 0 Å². The molecule has 0 unspecified atom stereocenters. The van der Waals surface area contributed by atoms with Gasteiger partial charge in [-0.15, -0.1) is 0 Å². The van der Waals surface area contributed by atoms with Gasteiger partial charge in [0.15, 0.2) is 6.61 Å². The number of amides is 1. The summed E-state index contributed by atoms with van der Waals surface area (Å²) in [5.74, 6) is -0.123. The largest absolute Gasteiger partial charge is 0.497 e. The molecule has 1 N–H and O–H groups in total. The molecule has 0 fully saturated rings. The van der Waals surface area contributed by atoms with E-state index in [2.05, 4.69) is 5.32 Å². The van der Waals surface area contributed by atoms with Gasteiger partial charge < -0.3 is 19.5 Å². The number of carbonyl (C=O) groups excluding carboxylic acids is 3. The first-order valence-electron chi connectivity index (χ1n) is 8.37. The maximum absolute atomic E-state index is 12.4. The lowest BCUT2D eigenvalue weighted by molar-refractivity contribution is -0.116. The number of aryl methyl sites for hydroxylation is 1. The highest BCUT2D eigenvalue weighted by atomic mass is 16.5. The van der Waals surface area contributed by atoms with Crippen LogP contribution in [-0.4, -0.2) is 38.5 Å². The van der Waals surface area contributed by atoms with Gasteiger partial charge in [0.05, 0.1) is 25.3 Å². The number of fused-ring (bicyclic) bond motifs is 1. The van der Waals surface area contributed by atoms with Crippen LogP contribution < -0.4 is 14.8 Å². The number of anilines is 1. The number of nitrogens with one attached hydrogen (secondary N) is 1. The van der Waals surface area contributed by atoms with E-state index in [9.17, 15) is 14.4 Å². The zero-order chi connectivity index (χ0) is 19.4. The Labute approximate surface area is 156 Å². The summed E-state index contributed by atoms with van der Waals surface area (Å²) in [5, 5.41) is 2.75. The zero-order valence-corrected chi connectivity index (χ0v) is 15.0. The fourth-order valence-corrected chi connectivity index (χ4v) is 2.83. The standard InChI is InChI=1S/C20H19NO6/c1-25-14-5-6-15(18(10-14)26-2)17(22)11-27-20(24)13-3-7-16-12(9-13)4-8-19(23)21-16/h3,5-7,9-10H,4,8,11H2,1-2H3,(H,21,23). The Kier molecular flexibility index (Phi) is 5.40.